The SMILES string of the molecule is O=C1N[C@H](CO)C[C@H](O)[C@H]1O. The molecule has 5 nitrogen and oxygen atoms in total. The van der Waals surface area contributed by atoms with Crippen LogP contribution in [0.5, 0.6) is 0 Å². The Balaban J connectivity index is 2.54. The van der Waals surface area contributed by atoms with Gasteiger partial charge in [-0.1, -0.05) is 0 Å². The van der Waals surface area contributed by atoms with E-state index in [4.69, 9.17) is 15.3 Å². The number of hydrogen-bond acceptors (Lipinski definition) is 4. The van der Waals surface area contributed by atoms with Crippen LogP contribution in [0, 0.1) is 0 Å². The van der Waals surface area contributed by atoms with Crippen molar-refractivity contribution in [2.75, 3.05) is 6.61 Å². The van der Waals surface area contributed by atoms with E-state index in [9.17, 15) is 4.79 Å². The maximum absolute atomic E-state index is 10.7. The smallest absolute Gasteiger partial charge is 0.251 e. The Kier molecular flexibility index (Phi) is 2.43. The van der Waals surface area contributed by atoms with Crippen molar-refractivity contribution < 1.29 is 20.1 Å². The number of aliphatic hydroxyl groups is 3. The highest BCUT2D eigenvalue weighted by Gasteiger charge is 2.33. The van der Waals surface area contributed by atoms with Gasteiger partial charge >= 0.3 is 0 Å². The van der Waals surface area contributed by atoms with Crippen LogP contribution < -0.4 is 5.32 Å². The number of carbonyl (C=O) groups excluding carboxylic acids is 1. The molecule has 0 spiro atoms. The highest BCUT2D eigenvalue weighted by molar-refractivity contribution is 5.82. The van der Waals surface area contributed by atoms with Gasteiger partial charge in [0.2, 0.25) is 0 Å². The molecule has 1 fully saturated rings. The molecule has 1 saturated heterocycles. The third kappa shape index (κ3) is 1.68. The van der Waals surface area contributed by atoms with Gasteiger partial charge in [-0.3, -0.25) is 4.79 Å². The summed E-state index contributed by atoms with van der Waals surface area (Å²) >= 11 is 0. The molecule has 0 radical (unpaired) electrons. The fraction of sp³-hybridized carbons (Fsp3) is 0.833. The number of nitrogens with one attached hydrogen (secondary N) is 1. The van der Waals surface area contributed by atoms with Gasteiger partial charge in [0.05, 0.1) is 18.8 Å². The quantitative estimate of drug-likeness (QED) is 0.345. The van der Waals surface area contributed by atoms with Crippen LogP contribution in [0.15, 0.2) is 0 Å². The molecule has 0 saturated carbocycles. The predicted octanol–water partition coefficient (Wildman–Crippen LogP) is -2.41. The van der Waals surface area contributed by atoms with Gasteiger partial charge in [-0.2, -0.15) is 0 Å². The van der Waals surface area contributed by atoms with Gasteiger partial charge in [0.15, 0.2) is 6.10 Å². The molecule has 0 bridgehead atoms. The molecule has 1 aliphatic rings. The number of amides is 1. The Bertz CT molecular complexity index is 161. The molecule has 64 valence electrons. The summed E-state index contributed by atoms with van der Waals surface area (Å²) in [7, 11) is 0. The van der Waals surface area contributed by atoms with Gasteiger partial charge in [-0.15, -0.1) is 0 Å². The minimum absolute atomic E-state index is 0.198. The molecule has 1 heterocycles. The lowest BCUT2D eigenvalue weighted by molar-refractivity contribution is -0.141. The van der Waals surface area contributed by atoms with Gasteiger partial charge < -0.3 is 20.6 Å². The van der Waals surface area contributed by atoms with E-state index in [0.717, 1.165) is 0 Å². The van der Waals surface area contributed by atoms with E-state index >= 15 is 0 Å². The van der Waals surface area contributed by atoms with E-state index in [-0.39, 0.29) is 13.0 Å². The molecule has 5 heteroatoms. The van der Waals surface area contributed by atoms with Crippen LogP contribution in [0.3, 0.4) is 0 Å². The van der Waals surface area contributed by atoms with Gasteiger partial charge in [-0.05, 0) is 6.42 Å². The Morgan fingerprint density at radius 1 is 1.55 bits per heavy atom. The zero-order valence-corrected chi connectivity index (χ0v) is 5.90. The zero-order chi connectivity index (χ0) is 8.43. The van der Waals surface area contributed by atoms with Crippen molar-refractivity contribution in [2.45, 2.75) is 24.7 Å². The number of aliphatic hydroxyl groups excluding tert-OH is 3. The second-order valence-corrected chi connectivity index (χ2v) is 2.64. The normalized spacial score (nSPS) is 38.5. The summed E-state index contributed by atoms with van der Waals surface area (Å²) in [4.78, 5) is 10.7. The average molecular weight is 161 g/mol. The molecular weight excluding hydrogens is 150 g/mol. The van der Waals surface area contributed by atoms with E-state index in [1.807, 2.05) is 0 Å². The topological polar surface area (TPSA) is 89.8 Å². The van der Waals surface area contributed by atoms with Crippen LogP contribution in [-0.2, 0) is 4.79 Å². The van der Waals surface area contributed by atoms with Crippen molar-refractivity contribution in [2.24, 2.45) is 0 Å². The maximum Gasteiger partial charge on any atom is 0.251 e. The van der Waals surface area contributed by atoms with Crippen molar-refractivity contribution >= 4 is 5.91 Å². The van der Waals surface area contributed by atoms with Gasteiger partial charge in [-0.25, -0.2) is 0 Å². The van der Waals surface area contributed by atoms with E-state index < -0.39 is 24.2 Å². The van der Waals surface area contributed by atoms with E-state index in [1.165, 1.54) is 0 Å². The Labute approximate surface area is 63.7 Å². The highest BCUT2D eigenvalue weighted by Crippen LogP contribution is 2.09. The predicted molar refractivity (Wildman–Crippen MR) is 35.6 cm³/mol. The lowest BCUT2D eigenvalue weighted by atomic mass is 10.00. The molecule has 4 N–H and O–H groups in total. The molecular formula is C6H11NO4. The van der Waals surface area contributed by atoms with E-state index in [2.05, 4.69) is 5.32 Å². The number of piperidine rings is 1. The van der Waals surface area contributed by atoms with Gasteiger partial charge in [0.25, 0.3) is 5.91 Å². The van der Waals surface area contributed by atoms with Crippen molar-refractivity contribution in [3.8, 4) is 0 Å². The summed E-state index contributed by atoms with van der Waals surface area (Å²) in [5.74, 6) is -0.622. The number of rotatable bonds is 1. The summed E-state index contributed by atoms with van der Waals surface area (Å²) in [6.07, 6.45) is -2.21. The van der Waals surface area contributed by atoms with Crippen molar-refractivity contribution in [1.29, 1.82) is 0 Å². The first-order valence-corrected chi connectivity index (χ1v) is 3.42. The summed E-state index contributed by atoms with van der Waals surface area (Å²) < 4.78 is 0. The maximum atomic E-state index is 10.7. The lowest BCUT2D eigenvalue weighted by Gasteiger charge is -2.29. The van der Waals surface area contributed by atoms with E-state index in [1.54, 1.807) is 0 Å². The van der Waals surface area contributed by atoms with Crippen LogP contribution in [-0.4, -0.2) is 46.1 Å². The van der Waals surface area contributed by atoms with Crippen LogP contribution in [0.4, 0.5) is 0 Å². The summed E-state index contributed by atoms with van der Waals surface area (Å²) in [5.41, 5.74) is 0. The fourth-order valence-corrected chi connectivity index (χ4v) is 1.06. The highest BCUT2D eigenvalue weighted by atomic mass is 16.3. The monoisotopic (exact) mass is 161 g/mol. The molecule has 11 heavy (non-hydrogen) atoms. The molecule has 0 aromatic carbocycles. The summed E-state index contributed by atoms with van der Waals surface area (Å²) in [6, 6.07) is -0.430. The first kappa shape index (κ1) is 8.45. The average Bonchev–Trinajstić information content (AvgIpc) is 1.99. The third-order valence-electron chi connectivity index (χ3n) is 1.73. The van der Waals surface area contributed by atoms with Crippen molar-refractivity contribution in [3.05, 3.63) is 0 Å². The minimum atomic E-state index is -1.35. The largest absolute Gasteiger partial charge is 0.394 e. The molecule has 0 aromatic heterocycles. The van der Waals surface area contributed by atoms with Crippen molar-refractivity contribution in [3.63, 3.8) is 0 Å². The van der Waals surface area contributed by atoms with Crippen molar-refractivity contribution in [1.82, 2.24) is 5.32 Å². The van der Waals surface area contributed by atoms with Crippen LogP contribution in [0.25, 0.3) is 0 Å². The first-order valence-electron chi connectivity index (χ1n) is 3.42. The Hall–Kier alpha value is -0.650. The molecule has 0 aliphatic carbocycles. The Morgan fingerprint density at radius 3 is 2.64 bits per heavy atom. The second kappa shape index (κ2) is 3.17. The van der Waals surface area contributed by atoms with E-state index in [0.29, 0.717) is 0 Å². The summed E-state index contributed by atoms with van der Waals surface area (Å²) in [5, 5.41) is 28.9. The molecule has 1 rings (SSSR count). The first-order chi connectivity index (χ1) is 5.15. The van der Waals surface area contributed by atoms with Crippen LogP contribution in [0.2, 0.25) is 0 Å². The lowest BCUT2D eigenvalue weighted by Crippen LogP contribution is -2.55. The third-order valence-corrected chi connectivity index (χ3v) is 1.73. The van der Waals surface area contributed by atoms with Gasteiger partial charge in [0.1, 0.15) is 0 Å². The zero-order valence-electron chi connectivity index (χ0n) is 5.90. The Morgan fingerprint density at radius 2 is 2.18 bits per heavy atom. The van der Waals surface area contributed by atoms with Crippen LogP contribution >= 0.6 is 0 Å². The number of carbonyl (C=O) groups is 1. The van der Waals surface area contributed by atoms with Crippen LogP contribution in [0.1, 0.15) is 6.42 Å². The van der Waals surface area contributed by atoms with Gasteiger partial charge in [0, 0.05) is 0 Å². The summed E-state index contributed by atoms with van der Waals surface area (Å²) in [6.45, 7) is -0.213. The standard InChI is InChI=1S/C6H11NO4/c8-2-3-1-4(9)5(10)6(11)7-3/h3-5,8-10H,1-2H2,(H,7,11)/t3-,4-,5+/m0/s1. The molecule has 1 amide bonds. The minimum Gasteiger partial charge on any atom is -0.394 e. The molecule has 0 unspecified atom stereocenters. The number of hydrogen-bond donors (Lipinski definition) is 4. The second-order valence-electron chi connectivity index (χ2n) is 2.64. The molecule has 1 aliphatic heterocycles. The molecule has 3 atom stereocenters. The fourth-order valence-electron chi connectivity index (χ4n) is 1.06. The molecule has 0 aromatic rings.